The fraction of sp³-hybridized carbons (Fsp3) is 0.923. The van der Waals surface area contributed by atoms with Gasteiger partial charge in [-0.1, -0.05) is 12.8 Å². The number of hydrogen-bond donors (Lipinski definition) is 1. The van der Waals surface area contributed by atoms with Crippen LogP contribution in [0.1, 0.15) is 51.9 Å². The van der Waals surface area contributed by atoms with Crippen molar-refractivity contribution in [3.05, 3.63) is 0 Å². The van der Waals surface area contributed by atoms with Crippen LogP contribution in [0.4, 0.5) is 0 Å². The van der Waals surface area contributed by atoms with Crippen LogP contribution in [-0.4, -0.2) is 34.6 Å². The zero-order valence-electron chi connectivity index (χ0n) is 10.2. The van der Waals surface area contributed by atoms with E-state index in [9.17, 15) is 4.79 Å². The highest BCUT2D eigenvalue weighted by molar-refractivity contribution is 5.68. The summed E-state index contributed by atoms with van der Waals surface area (Å²) in [6, 6.07) is 0. The van der Waals surface area contributed by atoms with Gasteiger partial charge in [0.1, 0.15) is 0 Å². The molecule has 0 aromatic rings. The van der Waals surface area contributed by atoms with Gasteiger partial charge in [0.25, 0.3) is 0 Å². The van der Waals surface area contributed by atoms with Crippen LogP contribution in [0.3, 0.4) is 0 Å². The van der Waals surface area contributed by atoms with Gasteiger partial charge in [0.05, 0.1) is 6.42 Å². The molecule has 2 rings (SSSR count). The maximum Gasteiger partial charge on any atom is 0.305 e. The van der Waals surface area contributed by atoms with E-state index in [4.69, 9.17) is 5.11 Å². The molecule has 0 bridgehead atoms. The molecule has 3 nitrogen and oxygen atoms in total. The van der Waals surface area contributed by atoms with Crippen molar-refractivity contribution in [1.29, 1.82) is 0 Å². The van der Waals surface area contributed by atoms with Crippen LogP contribution in [0.2, 0.25) is 0 Å². The van der Waals surface area contributed by atoms with Gasteiger partial charge in [0, 0.05) is 5.54 Å². The van der Waals surface area contributed by atoms with E-state index in [-0.39, 0.29) is 5.54 Å². The Morgan fingerprint density at radius 1 is 1.25 bits per heavy atom. The molecule has 2 aliphatic rings. The predicted octanol–water partition coefficient (Wildman–Crippen LogP) is 2.51. The van der Waals surface area contributed by atoms with Crippen molar-refractivity contribution >= 4 is 5.97 Å². The molecule has 1 unspecified atom stereocenters. The number of carboxylic acid groups (broad SMARTS) is 1. The number of carbonyl (C=O) groups is 1. The van der Waals surface area contributed by atoms with Crippen LogP contribution in [-0.2, 0) is 4.79 Å². The Kier molecular flexibility index (Phi) is 3.53. The van der Waals surface area contributed by atoms with E-state index in [0.29, 0.717) is 12.3 Å². The summed E-state index contributed by atoms with van der Waals surface area (Å²) in [5.74, 6) is -0.0136. The van der Waals surface area contributed by atoms with Crippen molar-refractivity contribution in [2.45, 2.75) is 57.4 Å². The zero-order valence-corrected chi connectivity index (χ0v) is 10.2. The fourth-order valence-corrected chi connectivity index (χ4v) is 3.11. The van der Waals surface area contributed by atoms with Gasteiger partial charge in [-0.05, 0) is 51.6 Å². The Hall–Kier alpha value is -0.570. The summed E-state index contributed by atoms with van der Waals surface area (Å²) in [6.07, 6.45) is 7.86. The number of hydrogen-bond acceptors (Lipinski definition) is 2. The second-order valence-corrected chi connectivity index (χ2v) is 5.60. The van der Waals surface area contributed by atoms with Crippen LogP contribution in [0.25, 0.3) is 0 Å². The van der Waals surface area contributed by atoms with Crippen molar-refractivity contribution in [3.8, 4) is 0 Å². The van der Waals surface area contributed by atoms with Crippen molar-refractivity contribution in [2.24, 2.45) is 5.92 Å². The van der Waals surface area contributed by atoms with Gasteiger partial charge in [0.2, 0.25) is 0 Å². The van der Waals surface area contributed by atoms with Gasteiger partial charge in [0.15, 0.2) is 0 Å². The van der Waals surface area contributed by atoms with E-state index in [1.807, 2.05) is 0 Å². The lowest BCUT2D eigenvalue weighted by atomic mass is 9.89. The van der Waals surface area contributed by atoms with E-state index in [1.54, 1.807) is 0 Å². The third kappa shape index (κ3) is 2.57. The minimum absolute atomic E-state index is 0.0732. The van der Waals surface area contributed by atoms with Gasteiger partial charge < -0.3 is 5.11 Å². The average Bonchev–Trinajstić information content (AvgIpc) is 3.05. The Labute approximate surface area is 97.8 Å². The largest absolute Gasteiger partial charge is 0.481 e. The Morgan fingerprint density at radius 3 is 2.25 bits per heavy atom. The van der Waals surface area contributed by atoms with Crippen LogP contribution < -0.4 is 0 Å². The van der Waals surface area contributed by atoms with Gasteiger partial charge in [-0.3, -0.25) is 9.69 Å². The second kappa shape index (κ2) is 4.74. The smallest absolute Gasteiger partial charge is 0.305 e. The molecule has 0 aromatic carbocycles. The van der Waals surface area contributed by atoms with Crippen molar-refractivity contribution in [3.63, 3.8) is 0 Å². The lowest BCUT2D eigenvalue weighted by Crippen LogP contribution is -2.50. The first-order chi connectivity index (χ1) is 7.63. The summed E-state index contributed by atoms with van der Waals surface area (Å²) in [6.45, 7) is 4.37. The zero-order chi connectivity index (χ0) is 11.6. The van der Waals surface area contributed by atoms with Gasteiger partial charge in [-0.25, -0.2) is 0 Å². The number of likely N-dealkylation sites (tertiary alicyclic amines) is 1. The average molecular weight is 225 g/mol. The monoisotopic (exact) mass is 225 g/mol. The van der Waals surface area contributed by atoms with Crippen molar-refractivity contribution < 1.29 is 9.90 Å². The first kappa shape index (κ1) is 11.9. The van der Waals surface area contributed by atoms with E-state index in [2.05, 4.69) is 11.8 Å². The van der Waals surface area contributed by atoms with E-state index in [1.165, 1.54) is 38.5 Å². The van der Waals surface area contributed by atoms with E-state index in [0.717, 1.165) is 13.1 Å². The topological polar surface area (TPSA) is 40.5 Å². The molecule has 0 amide bonds. The fourth-order valence-electron chi connectivity index (χ4n) is 3.11. The maximum absolute atomic E-state index is 11.0. The Morgan fingerprint density at radius 2 is 1.81 bits per heavy atom. The lowest BCUT2D eigenvalue weighted by Gasteiger charge is -2.40. The summed E-state index contributed by atoms with van der Waals surface area (Å²) < 4.78 is 0. The van der Waals surface area contributed by atoms with E-state index < -0.39 is 5.97 Å². The molecule has 1 atom stereocenters. The highest BCUT2D eigenvalue weighted by Gasteiger charge is 2.46. The molecule has 1 aliphatic carbocycles. The molecule has 1 saturated heterocycles. The second-order valence-electron chi connectivity index (χ2n) is 5.60. The molecule has 0 spiro atoms. The third-order valence-electron chi connectivity index (χ3n) is 4.29. The SMILES string of the molecule is CC(CC(=O)O)(C1CC1)N1CCCCCC1. The Bertz CT molecular complexity index is 255. The molecule has 1 saturated carbocycles. The summed E-state index contributed by atoms with van der Waals surface area (Å²) in [5.41, 5.74) is -0.0732. The molecule has 0 aromatic heterocycles. The normalized spacial score (nSPS) is 27.1. The van der Waals surface area contributed by atoms with E-state index >= 15 is 0 Å². The minimum atomic E-state index is -0.640. The molecular weight excluding hydrogens is 202 g/mol. The van der Waals surface area contributed by atoms with Crippen molar-refractivity contribution in [1.82, 2.24) is 4.90 Å². The molecule has 92 valence electrons. The number of rotatable bonds is 4. The highest BCUT2D eigenvalue weighted by atomic mass is 16.4. The molecule has 1 heterocycles. The van der Waals surface area contributed by atoms with Gasteiger partial charge >= 0.3 is 5.97 Å². The van der Waals surface area contributed by atoms with Crippen molar-refractivity contribution in [2.75, 3.05) is 13.1 Å². The predicted molar refractivity (Wildman–Crippen MR) is 63.4 cm³/mol. The summed E-state index contributed by atoms with van der Waals surface area (Å²) in [7, 11) is 0. The molecule has 1 N–H and O–H groups in total. The first-order valence-corrected chi connectivity index (χ1v) is 6.60. The standard InChI is InChI=1S/C13H23NO2/c1-13(10-12(15)16,11-6-7-11)14-8-4-2-3-5-9-14/h11H,2-10H2,1H3,(H,15,16). The molecule has 3 heteroatoms. The quantitative estimate of drug-likeness (QED) is 0.799. The third-order valence-corrected chi connectivity index (χ3v) is 4.29. The number of carboxylic acids is 1. The van der Waals surface area contributed by atoms with Gasteiger partial charge in [-0.15, -0.1) is 0 Å². The lowest BCUT2D eigenvalue weighted by molar-refractivity contribution is -0.140. The number of aliphatic carboxylic acids is 1. The van der Waals surface area contributed by atoms with Crippen LogP contribution >= 0.6 is 0 Å². The molecule has 1 aliphatic heterocycles. The van der Waals surface area contributed by atoms with Gasteiger partial charge in [-0.2, -0.15) is 0 Å². The molecule has 2 fully saturated rings. The Balaban J connectivity index is 2.06. The maximum atomic E-state index is 11.0. The summed E-state index contributed by atoms with van der Waals surface area (Å²) in [4.78, 5) is 13.5. The molecular formula is C13H23NO2. The summed E-state index contributed by atoms with van der Waals surface area (Å²) >= 11 is 0. The molecule has 16 heavy (non-hydrogen) atoms. The van der Waals surface area contributed by atoms with Crippen LogP contribution in [0, 0.1) is 5.92 Å². The highest BCUT2D eigenvalue weighted by Crippen LogP contribution is 2.45. The minimum Gasteiger partial charge on any atom is -0.481 e. The number of nitrogens with zero attached hydrogens (tertiary/aromatic N) is 1. The molecule has 0 radical (unpaired) electrons. The van der Waals surface area contributed by atoms with Crippen LogP contribution in [0.5, 0.6) is 0 Å². The van der Waals surface area contributed by atoms with Crippen LogP contribution in [0.15, 0.2) is 0 Å². The summed E-state index contributed by atoms with van der Waals surface area (Å²) in [5, 5.41) is 9.10. The first-order valence-electron chi connectivity index (χ1n) is 6.60.